The highest BCUT2D eigenvalue weighted by Gasteiger charge is 2.36. The van der Waals surface area contributed by atoms with Gasteiger partial charge in [0.05, 0.1) is 11.7 Å². The van der Waals surface area contributed by atoms with Crippen molar-refractivity contribution in [3.8, 4) is 0 Å². The lowest BCUT2D eigenvalue weighted by Gasteiger charge is -2.21. The molecular weight excluding hydrogens is 236 g/mol. The zero-order valence-corrected chi connectivity index (χ0v) is 9.55. The van der Waals surface area contributed by atoms with Gasteiger partial charge in [0.25, 0.3) is 0 Å². The molecule has 0 spiro atoms. The molecule has 0 bridgehead atoms. The Morgan fingerprint density at radius 3 is 2.35 bits per heavy atom. The molecule has 96 valence electrons. The minimum atomic E-state index is -4.66. The highest BCUT2D eigenvalue weighted by atomic mass is 19.4. The minimum absolute atomic E-state index is 0.270. The van der Waals surface area contributed by atoms with Gasteiger partial charge in [0.2, 0.25) is 0 Å². The molecule has 0 radical (unpaired) electrons. The van der Waals surface area contributed by atoms with Crippen molar-refractivity contribution < 1.29 is 22.7 Å². The van der Waals surface area contributed by atoms with Gasteiger partial charge in [0.15, 0.2) is 0 Å². The van der Waals surface area contributed by atoms with Crippen LogP contribution in [0.1, 0.15) is 37.5 Å². The number of halogens is 4. The molecule has 0 heterocycles. The fourth-order valence-electron chi connectivity index (χ4n) is 1.56. The number of aliphatic hydroxyl groups excluding tert-OH is 1. The normalized spacial score (nSPS) is 15.7. The first-order valence-corrected chi connectivity index (χ1v) is 5.32. The first-order chi connectivity index (χ1) is 7.77. The van der Waals surface area contributed by atoms with Crippen LogP contribution in [0.15, 0.2) is 18.2 Å². The summed E-state index contributed by atoms with van der Waals surface area (Å²) in [5, 5.41) is 9.80. The van der Waals surface area contributed by atoms with Crippen LogP contribution in [0.4, 0.5) is 17.6 Å². The Morgan fingerprint density at radius 1 is 1.29 bits per heavy atom. The number of rotatable bonds is 3. The van der Waals surface area contributed by atoms with Crippen LogP contribution in [0, 0.1) is 11.7 Å². The molecule has 1 aromatic carbocycles. The van der Waals surface area contributed by atoms with Crippen LogP contribution in [-0.4, -0.2) is 5.11 Å². The lowest BCUT2D eigenvalue weighted by atomic mass is 9.91. The Bertz CT molecular complexity index is 387. The van der Waals surface area contributed by atoms with Gasteiger partial charge in [0.1, 0.15) is 5.82 Å². The third-order valence-corrected chi connectivity index (χ3v) is 2.82. The Morgan fingerprint density at radius 2 is 1.88 bits per heavy atom. The largest absolute Gasteiger partial charge is 0.416 e. The van der Waals surface area contributed by atoms with Crippen LogP contribution in [-0.2, 0) is 6.18 Å². The van der Waals surface area contributed by atoms with Crippen LogP contribution in [0.25, 0.3) is 0 Å². The molecule has 0 saturated heterocycles. The van der Waals surface area contributed by atoms with Gasteiger partial charge in [-0.25, -0.2) is 4.39 Å². The number of aliphatic hydroxyl groups is 1. The molecule has 1 nitrogen and oxygen atoms in total. The molecule has 1 aromatic rings. The van der Waals surface area contributed by atoms with E-state index in [9.17, 15) is 22.7 Å². The molecular formula is C12H14F4O. The molecule has 0 aromatic heterocycles. The maximum Gasteiger partial charge on any atom is 0.416 e. The topological polar surface area (TPSA) is 20.2 Å². The van der Waals surface area contributed by atoms with Gasteiger partial charge in [-0.15, -0.1) is 0 Å². The van der Waals surface area contributed by atoms with Crippen LogP contribution in [0.3, 0.4) is 0 Å². The number of alkyl halides is 3. The smallest absolute Gasteiger partial charge is 0.388 e. The number of benzene rings is 1. The highest BCUT2D eigenvalue weighted by Crippen LogP contribution is 2.37. The van der Waals surface area contributed by atoms with Crippen LogP contribution < -0.4 is 0 Å². The Kier molecular flexibility index (Phi) is 4.14. The zero-order chi connectivity index (χ0) is 13.2. The van der Waals surface area contributed by atoms with E-state index in [1.165, 1.54) is 0 Å². The average molecular weight is 250 g/mol. The Hall–Kier alpha value is -1.10. The van der Waals surface area contributed by atoms with Crippen LogP contribution in [0.2, 0.25) is 0 Å². The summed E-state index contributed by atoms with van der Waals surface area (Å²) < 4.78 is 50.9. The summed E-state index contributed by atoms with van der Waals surface area (Å²) in [7, 11) is 0. The first-order valence-electron chi connectivity index (χ1n) is 5.32. The predicted octanol–water partition coefficient (Wildman–Crippen LogP) is 3.92. The van der Waals surface area contributed by atoms with E-state index in [4.69, 9.17) is 0 Å². The standard InChI is InChI=1S/C12H14F4O/c1-3-7(2)11(17)9-5-4-8(13)6-10(9)12(14,15)16/h4-7,11,17H,3H2,1-2H3. The van der Waals surface area contributed by atoms with Gasteiger partial charge in [-0.3, -0.25) is 0 Å². The third kappa shape index (κ3) is 3.19. The van der Waals surface area contributed by atoms with Crippen molar-refractivity contribution in [1.29, 1.82) is 0 Å². The molecule has 5 heteroatoms. The van der Waals surface area contributed by atoms with Gasteiger partial charge in [-0.1, -0.05) is 26.3 Å². The second-order valence-electron chi connectivity index (χ2n) is 4.06. The van der Waals surface area contributed by atoms with Crippen molar-refractivity contribution in [2.45, 2.75) is 32.5 Å². The maximum absolute atomic E-state index is 12.8. The van der Waals surface area contributed by atoms with E-state index in [1.807, 2.05) is 0 Å². The molecule has 0 aliphatic carbocycles. The summed E-state index contributed by atoms with van der Waals surface area (Å²) in [4.78, 5) is 0. The van der Waals surface area contributed by atoms with E-state index in [0.717, 1.165) is 12.1 Å². The highest BCUT2D eigenvalue weighted by molar-refractivity contribution is 5.32. The van der Waals surface area contributed by atoms with Crippen molar-refractivity contribution in [2.75, 3.05) is 0 Å². The Balaban J connectivity index is 3.24. The average Bonchev–Trinajstić information content (AvgIpc) is 2.25. The lowest BCUT2D eigenvalue weighted by Crippen LogP contribution is -2.16. The van der Waals surface area contributed by atoms with Crippen LogP contribution >= 0.6 is 0 Å². The SMILES string of the molecule is CCC(C)C(O)c1ccc(F)cc1C(F)(F)F. The molecule has 0 fully saturated rings. The van der Waals surface area contributed by atoms with Crippen molar-refractivity contribution in [3.05, 3.63) is 35.1 Å². The summed E-state index contributed by atoms with van der Waals surface area (Å²) in [5.74, 6) is -1.28. The lowest BCUT2D eigenvalue weighted by molar-refractivity contribution is -0.139. The second kappa shape index (κ2) is 5.04. The molecule has 0 amide bonds. The zero-order valence-electron chi connectivity index (χ0n) is 9.55. The van der Waals surface area contributed by atoms with E-state index >= 15 is 0 Å². The van der Waals surface area contributed by atoms with Gasteiger partial charge in [-0.2, -0.15) is 13.2 Å². The van der Waals surface area contributed by atoms with Gasteiger partial charge < -0.3 is 5.11 Å². The molecule has 17 heavy (non-hydrogen) atoms. The molecule has 2 atom stereocenters. The van der Waals surface area contributed by atoms with Crippen molar-refractivity contribution >= 4 is 0 Å². The minimum Gasteiger partial charge on any atom is -0.388 e. The molecule has 0 aliphatic heterocycles. The molecule has 2 unspecified atom stereocenters. The van der Waals surface area contributed by atoms with Gasteiger partial charge in [-0.05, 0) is 23.6 Å². The molecule has 0 saturated carbocycles. The summed E-state index contributed by atoms with van der Waals surface area (Å²) in [6, 6.07) is 2.34. The monoisotopic (exact) mass is 250 g/mol. The van der Waals surface area contributed by atoms with Gasteiger partial charge >= 0.3 is 6.18 Å². The van der Waals surface area contributed by atoms with Crippen molar-refractivity contribution in [1.82, 2.24) is 0 Å². The van der Waals surface area contributed by atoms with E-state index in [-0.39, 0.29) is 11.5 Å². The third-order valence-electron chi connectivity index (χ3n) is 2.82. The quantitative estimate of drug-likeness (QED) is 0.806. The Labute approximate surface area is 97.1 Å². The fraction of sp³-hybridized carbons (Fsp3) is 0.500. The van der Waals surface area contributed by atoms with Crippen molar-refractivity contribution in [3.63, 3.8) is 0 Å². The number of hydrogen-bond acceptors (Lipinski definition) is 1. The molecule has 1 N–H and O–H groups in total. The maximum atomic E-state index is 12.8. The fourth-order valence-corrected chi connectivity index (χ4v) is 1.56. The van der Waals surface area contributed by atoms with Crippen LogP contribution in [0.5, 0.6) is 0 Å². The van der Waals surface area contributed by atoms with E-state index in [1.54, 1.807) is 13.8 Å². The molecule has 0 aliphatic rings. The first kappa shape index (κ1) is 14.0. The summed E-state index contributed by atoms with van der Waals surface area (Å²) in [5.41, 5.74) is -1.38. The predicted molar refractivity (Wildman–Crippen MR) is 55.8 cm³/mol. The van der Waals surface area contributed by atoms with Gasteiger partial charge in [0, 0.05) is 0 Å². The second-order valence-corrected chi connectivity index (χ2v) is 4.06. The van der Waals surface area contributed by atoms with Crippen molar-refractivity contribution in [2.24, 2.45) is 5.92 Å². The summed E-state index contributed by atoms with van der Waals surface area (Å²) in [6.45, 7) is 3.42. The summed E-state index contributed by atoms with van der Waals surface area (Å²) in [6.07, 6.45) is -5.36. The summed E-state index contributed by atoms with van der Waals surface area (Å²) >= 11 is 0. The number of hydrogen-bond donors (Lipinski definition) is 1. The molecule has 1 rings (SSSR count). The van der Waals surface area contributed by atoms with E-state index < -0.39 is 23.7 Å². The van der Waals surface area contributed by atoms with E-state index in [2.05, 4.69) is 0 Å². The van der Waals surface area contributed by atoms with E-state index in [0.29, 0.717) is 12.5 Å².